The fourth-order valence-corrected chi connectivity index (χ4v) is 3.80. The van der Waals surface area contributed by atoms with E-state index in [9.17, 15) is 18.3 Å². The van der Waals surface area contributed by atoms with Gasteiger partial charge in [-0.3, -0.25) is 4.90 Å². The molecule has 116 valence electrons. The molecule has 21 heavy (non-hydrogen) atoms. The molecule has 2 fully saturated rings. The van der Waals surface area contributed by atoms with Crippen molar-refractivity contribution in [2.24, 2.45) is 0 Å². The molecule has 1 aromatic carbocycles. The van der Waals surface area contributed by atoms with Gasteiger partial charge in [0.25, 0.3) is 0 Å². The van der Waals surface area contributed by atoms with Gasteiger partial charge in [0.1, 0.15) is 0 Å². The maximum atomic E-state index is 13.1. The molecule has 2 aliphatic heterocycles. The van der Waals surface area contributed by atoms with E-state index in [1.807, 2.05) is 30.3 Å². The number of piperidine rings is 2. The summed E-state index contributed by atoms with van der Waals surface area (Å²) in [6, 6.07) is 9.47. The molecule has 0 amide bonds. The Bertz CT molecular complexity index is 474. The summed E-state index contributed by atoms with van der Waals surface area (Å²) in [5.41, 5.74) is -1.39. The first-order valence-electron chi connectivity index (χ1n) is 7.48. The van der Waals surface area contributed by atoms with Crippen molar-refractivity contribution >= 4 is 0 Å². The van der Waals surface area contributed by atoms with Crippen molar-refractivity contribution in [1.29, 1.82) is 0 Å². The van der Waals surface area contributed by atoms with Gasteiger partial charge < -0.3 is 5.11 Å². The van der Waals surface area contributed by atoms with Crippen LogP contribution in [0.25, 0.3) is 0 Å². The van der Waals surface area contributed by atoms with E-state index in [0.717, 1.165) is 24.8 Å². The molecule has 2 unspecified atom stereocenters. The number of alkyl halides is 3. The van der Waals surface area contributed by atoms with E-state index in [-0.39, 0.29) is 24.9 Å². The van der Waals surface area contributed by atoms with Crippen molar-refractivity contribution < 1.29 is 18.3 Å². The van der Waals surface area contributed by atoms with Gasteiger partial charge in [-0.25, -0.2) is 0 Å². The highest BCUT2D eigenvalue weighted by Crippen LogP contribution is 2.47. The van der Waals surface area contributed by atoms with E-state index in [1.165, 1.54) is 0 Å². The molecule has 2 aliphatic rings. The number of aliphatic hydroxyl groups is 1. The Kier molecular flexibility index (Phi) is 3.74. The number of hydrogen-bond donors (Lipinski definition) is 1. The second kappa shape index (κ2) is 5.29. The summed E-state index contributed by atoms with van der Waals surface area (Å²) in [5.74, 6) is 0. The minimum atomic E-state index is -4.53. The lowest BCUT2D eigenvalue weighted by Crippen LogP contribution is -2.62. The quantitative estimate of drug-likeness (QED) is 0.903. The van der Waals surface area contributed by atoms with Crippen molar-refractivity contribution in [3.8, 4) is 0 Å². The molecule has 2 heterocycles. The maximum absolute atomic E-state index is 13.1. The summed E-state index contributed by atoms with van der Waals surface area (Å²) >= 11 is 0. The van der Waals surface area contributed by atoms with Crippen molar-refractivity contribution in [2.75, 3.05) is 0 Å². The van der Waals surface area contributed by atoms with Crippen LogP contribution >= 0.6 is 0 Å². The first-order valence-corrected chi connectivity index (χ1v) is 7.48. The summed E-state index contributed by atoms with van der Waals surface area (Å²) in [5, 5.41) is 10.0. The third-order valence-electron chi connectivity index (χ3n) is 4.89. The zero-order valence-corrected chi connectivity index (χ0v) is 11.8. The zero-order valence-electron chi connectivity index (χ0n) is 11.8. The minimum absolute atomic E-state index is 0.177. The van der Waals surface area contributed by atoms with Crippen LogP contribution in [0.3, 0.4) is 0 Å². The number of benzene rings is 1. The molecule has 2 bridgehead atoms. The molecule has 2 saturated heterocycles. The molecule has 0 saturated carbocycles. The zero-order chi connectivity index (χ0) is 15.1. The molecule has 0 aromatic heterocycles. The number of hydrogen-bond acceptors (Lipinski definition) is 2. The Balaban J connectivity index is 1.79. The number of fused-ring (bicyclic) bond motifs is 2. The normalized spacial score (nSPS) is 33.9. The van der Waals surface area contributed by atoms with Crippen LogP contribution < -0.4 is 0 Å². The van der Waals surface area contributed by atoms with Crippen molar-refractivity contribution in [1.82, 2.24) is 4.90 Å². The molecule has 2 atom stereocenters. The molecule has 2 nitrogen and oxygen atoms in total. The van der Waals surface area contributed by atoms with Gasteiger partial charge in [-0.15, -0.1) is 0 Å². The first-order chi connectivity index (χ1) is 9.89. The van der Waals surface area contributed by atoms with Crippen LogP contribution in [0.2, 0.25) is 0 Å². The molecule has 0 radical (unpaired) electrons. The summed E-state index contributed by atoms with van der Waals surface area (Å²) in [4.78, 5) is 2.17. The molecule has 0 aliphatic carbocycles. The van der Waals surface area contributed by atoms with E-state index in [2.05, 4.69) is 4.90 Å². The molecular formula is C16H20F3NO. The average molecular weight is 299 g/mol. The number of halogens is 3. The van der Waals surface area contributed by atoms with Crippen LogP contribution in [0.4, 0.5) is 13.2 Å². The van der Waals surface area contributed by atoms with Crippen LogP contribution in [0.1, 0.15) is 37.7 Å². The third kappa shape index (κ3) is 2.81. The van der Waals surface area contributed by atoms with Crippen molar-refractivity contribution in [3.05, 3.63) is 35.9 Å². The van der Waals surface area contributed by atoms with Crippen LogP contribution in [0.5, 0.6) is 0 Å². The molecule has 1 N–H and O–H groups in total. The van der Waals surface area contributed by atoms with E-state index in [1.54, 1.807) is 0 Å². The van der Waals surface area contributed by atoms with Gasteiger partial charge in [0, 0.05) is 31.5 Å². The van der Waals surface area contributed by atoms with Gasteiger partial charge in [0.2, 0.25) is 0 Å². The first kappa shape index (κ1) is 14.9. The highest BCUT2D eigenvalue weighted by Gasteiger charge is 2.59. The highest BCUT2D eigenvalue weighted by atomic mass is 19.4. The fourth-order valence-electron chi connectivity index (χ4n) is 3.80. The topological polar surface area (TPSA) is 23.5 Å². The predicted octanol–water partition coefficient (Wildman–Crippen LogP) is 3.50. The van der Waals surface area contributed by atoms with Crippen molar-refractivity contribution in [3.63, 3.8) is 0 Å². The van der Waals surface area contributed by atoms with Gasteiger partial charge >= 0.3 is 6.18 Å². The summed E-state index contributed by atoms with van der Waals surface area (Å²) < 4.78 is 39.4. The fraction of sp³-hybridized carbons (Fsp3) is 0.625. The molecule has 5 heteroatoms. The van der Waals surface area contributed by atoms with E-state index >= 15 is 0 Å². The van der Waals surface area contributed by atoms with Gasteiger partial charge in [-0.1, -0.05) is 36.8 Å². The van der Waals surface area contributed by atoms with E-state index in [0.29, 0.717) is 6.54 Å². The van der Waals surface area contributed by atoms with Gasteiger partial charge in [-0.2, -0.15) is 13.2 Å². The Morgan fingerprint density at radius 2 is 1.67 bits per heavy atom. The van der Waals surface area contributed by atoms with Crippen LogP contribution in [-0.2, 0) is 6.54 Å². The van der Waals surface area contributed by atoms with Crippen LogP contribution in [-0.4, -0.2) is 33.9 Å². The second-order valence-electron chi connectivity index (χ2n) is 6.33. The Morgan fingerprint density at radius 1 is 1.10 bits per heavy atom. The van der Waals surface area contributed by atoms with Crippen LogP contribution in [0, 0.1) is 0 Å². The molecular weight excluding hydrogens is 279 g/mol. The Labute approximate surface area is 122 Å². The molecule has 1 aromatic rings. The lowest BCUT2D eigenvalue weighted by Gasteiger charge is -2.52. The number of nitrogens with zero attached hydrogens (tertiary/aromatic N) is 1. The van der Waals surface area contributed by atoms with Crippen molar-refractivity contribution in [2.45, 2.75) is 62.5 Å². The minimum Gasteiger partial charge on any atom is -0.380 e. The standard InChI is InChI=1S/C16H20F3NO/c17-16(18,19)15(21)9-13-7-4-8-14(10-15)20(13)11-12-5-2-1-3-6-12/h1-3,5-6,13-14,21H,4,7-11H2. The molecule has 3 rings (SSSR count). The van der Waals surface area contributed by atoms with Gasteiger partial charge in [-0.05, 0) is 18.4 Å². The highest BCUT2D eigenvalue weighted by molar-refractivity contribution is 5.16. The van der Waals surface area contributed by atoms with E-state index in [4.69, 9.17) is 0 Å². The smallest absolute Gasteiger partial charge is 0.380 e. The van der Waals surface area contributed by atoms with Crippen LogP contribution in [0.15, 0.2) is 30.3 Å². The average Bonchev–Trinajstić information content (AvgIpc) is 2.40. The predicted molar refractivity (Wildman–Crippen MR) is 73.7 cm³/mol. The summed E-state index contributed by atoms with van der Waals surface area (Å²) in [7, 11) is 0. The SMILES string of the molecule is OC1(C(F)(F)F)CC2CCCC(C1)N2Cc1ccccc1. The summed E-state index contributed by atoms with van der Waals surface area (Å²) in [6.45, 7) is 0.671. The molecule has 0 spiro atoms. The lowest BCUT2D eigenvalue weighted by atomic mass is 9.75. The number of rotatable bonds is 2. The lowest BCUT2D eigenvalue weighted by molar-refractivity contribution is -0.286. The third-order valence-corrected chi connectivity index (χ3v) is 4.89. The van der Waals surface area contributed by atoms with Gasteiger partial charge in [0.05, 0.1) is 0 Å². The van der Waals surface area contributed by atoms with Gasteiger partial charge in [0.15, 0.2) is 5.60 Å². The Morgan fingerprint density at radius 3 is 2.19 bits per heavy atom. The largest absolute Gasteiger partial charge is 0.417 e. The monoisotopic (exact) mass is 299 g/mol. The second-order valence-corrected chi connectivity index (χ2v) is 6.33. The Hall–Kier alpha value is -1.07. The summed E-state index contributed by atoms with van der Waals surface area (Å²) in [6.07, 6.45) is -2.49. The maximum Gasteiger partial charge on any atom is 0.417 e. The van der Waals surface area contributed by atoms with E-state index < -0.39 is 11.8 Å².